The number of benzene rings is 3. The van der Waals surface area contributed by atoms with Crippen molar-refractivity contribution in [1.29, 1.82) is 0 Å². The first kappa shape index (κ1) is 28.3. The summed E-state index contributed by atoms with van der Waals surface area (Å²) in [6.07, 6.45) is 3.09. The molecule has 3 heterocycles. The summed E-state index contributed by atoms with van der Waals surface area (Å²) in [6.45, 7) is 4.64. The fraction of sp³-hybridized carbons (Fsp3) is 0.114. The zero-order valence-electron chi connectivity index (χ0n) is 24.3. The predicted octanol–water partition coefficient (Wildman–Crippen LogP) is 7.91. The van der Waals surface area contributed by atoms with Crippen molar-refractivity contribution in [3.63, 3.8) is 0 Å². The van der Waals surface area contributed by atoms with Gasteiger partial charge in [-0.1, -0.05) is 50.2 Å². The van der Waals surface area contributed by atoms with E-state index in [0.717, 1.165) is 22.4 Å². The number of nitrogens with zero attached hydrogens (tertiary/aromatic N) is 4. The number of hydrogen-bond donors (Lipinski definition) is 2. The van der Waals surface area contributed by atoms with E-state index in [4.69, 9.17) is 14.5 Å². The molecule has 0 atom stereocenters. The average Bonchev–Trinajstić information content (AvgIpc) is 3.06. The zero-order chi connectivity index (χ0) is 30.3. The fourth-order valence-corrected chi connectivity index (χ4v) is 4.46. The van der Waals surface area contributed by atoms with Crippen molar-refractivity contribution < 1.29 is 14.3 Å². The first-order chi connectivity index (χ1) is 21.5. The summed E-state index contributed by atoms with van der Waals surface area (Å²) in [4.78, 5) is 30.9. The van der Waals surface area contributed by atoms with E-state index in [2.05, 4.69) is 39.4 Å². The van der Waals surface area contributed by atoms with Crippen LogP contribution in [-0.2, 0) is 6.61 Å². The minimum absolute atomic E-state index is 0.259. The van der Waals surface area contributed by atoms with Crippen LogP contribution in [-0.4, -0.2) is 25.8 Å². The molecule has 0 saturated carbocycles. The van der Waals surface area contributed by atoms with Crippen LogP contribution in [0.2, 0.25) is 0 Å². The molecular weight excluding hydrogens is 552 g/mol. The summed E-state index contributed by atoms with van der Waals surface area (Å²) in [5.41, 5.74) is 3.55. The number of hydrogen-bond acceptors (Lipinski definition) is 8. The van der Waals surface area contributed by atoms with E-state index in [-0.39, 0.29) is 11.8 Å². The lowest BCUT2D eigenvalue weighted by atomic mass is 10.1. The van der Waals surface area contributed by atoms with Crippen LogP contribution in [0.3, 0.4) is 0 Å². The molecule has 6 rings (SSSR count). The molecule has 0 aliphatic rings. The van der Waals surface area contributed by atoms with Crippen LogP contribution in [0, 0.1) is 0 Å². The maximum Gasteiger partial charge on any atom is 0.256 e. The summed E-state index contributed by atoms with van der Waals surface area (Å²) in [5, 5.41) is 6.93. The molecule has 1 amide bonds. The molecule has 0 aliphatic heterocycles. The molecule has 9 heteroatoms. The second-order valence-corrected chi connectivity index (χ2v) is 10.3. The first-order valence-corrected chi connectivity index (χ1v) is 14.2. The number of ether oxygens (including phenoxy) is 2. The van der Waals surface area contributed by atoms with E-state index >= 15 is 0 Å². The Labute approximate surface area is 255 Å². The predicted molar refractivity (Wildman–Crippen MR) is 171 cm³/mol. The van der Waals surface area contributed by atoms with Gasteiger partial charge < -0.3 is 20.1 Å². The van der Waals surface area contributed by atoms with Crippen molar-refractivity contribution >= 4 is 34.3 Å². The smallest absolute Gasteiger partial charge is 0.256 e. The van der Waals surface area contributed by atoms with Gasteiger partial charge >= 0.3 is 0 Å². The van der Waals surface area contributed by atoms with Gasteiger partial charge in [-0.25, -0.2) is 19.9 Å². The normalized spacial score (nSPS) is 10.9. The molecular formula is C35H30N6O3. The van der Waals surface area contributed by atoms with Crippen LogP contribution in [0.25, 0.3) is 11.0 Å². The summed E-state index contributed by atoms with van der Waals surface area (Å²) in [5.74, 6) is 2.76. The SMILES string of the molecule is CC(C)c1ccc2c(Nc3cc(C(=O)Nc4ccccn4)ccc3Oc3ccc(OCc4ccccc4)cc3)ncnc2n1. The maximum atomic E-state index is 13.1. The lowest BCUT2D eigenvalue weighted by Gasteiger charge is -2.16. The summed E-state index contributed by atoms with van der Waals surface area (Å²) in [7, 11) is 0. The van der Waals surface area contributed by atoms with Crippen LogP contribution < -0.4 is 20.1 Å². The molecule has 0 spiro atoms. The largest absolute Gasteiger partial charge is 0.489 e. The third kappa shape index (κ3) is 6.79. The Morgan fingerprint density at radius 3 is 2.39 bits per heavy atom. The van der Waals surface area contributed by atoms with Crippen molar-refractivity contribution in [2.45, 2.75) is 26.4 Å². The van der Waals surface area contributed by atoms with E-state index < -0.39 is 0 Å². The minimum Gasteiger partial charge on any atom is -0.489 e. The van der Waals surface area contributed by atoms with Gasteiger partial charge in [0.25, 0.3) is 5.91 Å². The highest BCUT2D eigenvalue weighted by Gasteiger charge is 2.15. The number of amides is 1. The lowest BCUT2D eigenvalue weighted by Crippen LogP contribution is -2.13. The van der Waals surface area contributed by atoms with Gasteiger partial charge in [-0.3, -0.25) is 4.79 Å². The summed E-state index contributed by atoms with van der Waals surface area (Å²) >= 11 is 0. The van der Waals surface area contributed by atoms with Crippen LogP contribution in [0.5, 0.6) is 17.2 Å². The number of carbonyl (C=O) groups is 1. The van der Waals surface area contributed by atoms with E-state index in [1.165, 1.54) is 6.33 Å². The molecule has 44 heavy (non-hydrogen) atoms. The number of carbonyl (C=O) groups excluding carboxylic acids is 1. The molecule has 3 aromatic heterocycles. The summed E-state index contributed by atoms with van der Waals surface area (Å²) < 4.78 is 12.2. The van der Waals surface area contributed by atoms with Crippen LogP contribution in [0.4, 0.5) is 17.3 Å². The van der Waals surface area contributed by atoms with Gasteiger partial charge in [0.2, 0.25) is 0 Å². The monoisotopic (exact) mass is 582 g/mol. The molecule has 0 unspecified atom stereocenters. The van der Waals surface area contributed by atoms with Crippen molar-refractivity contribution in [3.05, 3.63) is 132 Å². The van der Waals surface area contributed by atoms with E-state index in [9.17, 15) is 4.79 Å². The van der Waals surface area contributed by atoms with Gasteiger partial charge in [-0.15, -0.1) is 0 Å². The van der Waals surface area contributed by atoms with E-state index in [1.807, 2.05) is 72.8 Å². The zero-order valence-corrected chi connectivity index (χ0v) is 24.3. The second kappa shape index (κ2) is 13.0. The highest BCUT2D eigenvalue weighted by Crippen LogP contribution is 2.35. The van der Waals surface area contributed by atoms with Gasteiger partial charge in [0.05, 0.1) is 11.1 Å². The molecule has 218 valence electrons. The van der Waals surface area contributed by atoms with Gasteiger partial charge in [0.1, 0.15) is 36.1 Å². The Balaban J connectivity index is 1.28. The number of anilines is 3. The third-order valence-electron chi connectivity index (χ3n) is 6.81. The highest BCUT2D eigenvalue weighted by molar-refractivity contribution is 6.05. The number of rotatable bonds is 10. The van der Waals surface area contributed by atoms with Gasteiger partial charge in [-0.2, -0.15) is 0 Å². The third-order valence-corrected chi connectivity index (χ3v) is 6.81. The van der Waals surface area contributed by atoms with Crippen LogP contribution >= 0.6 is 0 Å². The lowest BCUT2D eigenvalue weighted by molar-refractivity contribution is 0.102. The van der Waals surface area contributed by atoms with Gasteiger partial charge in [-0.05, 0) is 78.2 Å². The average molecular weight is 583 g/mol. The Bertz CT molecular complexity index is 1880. The molecule has 6 aromatic rings. The molecule has 9 nitrogen and oxygen atoms in total. The minimum atomic E-state index is -0.311. The quantitative estimate of drug-likeness (QED) is 0.168. The Hall–Kier alpha value is -5.83. The van der Waals surface area contributed by atoms with Crippen molar-refractivity contribution in [2.75, 3.05) is 10.6 Å². The molecule has 2 N–H and O–H groups in total. The number of nitrogens with one attached hydrogen (secondary N) is 2. The number of fused-ring (bicyclic) bond motifs is 1. The standard InChI is InChI=1S/C35H30N6O3/c1-23(2)29-17-16-28-33(39-29)37-22-38-34(28)40-30-20-25(35(42)41-32-10-6-7-19-36-32)11-18-31(30)44-27-14-12-26(13-15-27)43-21-24-8-4-3-5-9-24/h3-20,22-23H,21H2,1-2H3,(H,36,41,42)(H,37,38,39,40). The highest BCUT2D eigenvalue weighted by atomic mass is 16.5. The van der Waals surface area contributed by atoms with Gasteiger partial charge in [0.15, 0.2) is 11.4 Å². The van der Waals surface area contributed by atoms with Crippen LogP contribution in [0.1, 0.15) is 41.4 Å². The van der Waals surface area contributed by atoms with Crippen molar-refractivity contribution in [3.8, 4) is 17.2 Å². The Morgan fingerprint density at radius 2 is 1.61 bits per heavy atom. The maximum absolute atomic E-state index is 13.1. The summed E-state index contributed by atoms with van der Waals surface area (Å²) in [6, 6.07) is 31.8. The number of pyridine rings is 2. The molecule has 3 aromatic carbocycles. The van der Waals surface area contributed by atoms with Crippen molar-refractivity contribution in [1.82, 2.24) is 19.9 Å². The van der Waals surface area contributed by atoms with Crippen molar-refractivity contribution in [2.24, 2.45) is 0 Å². The molecule has 0 saturated heterocycles. The fourth-order valence-electron chi connectivity index (χ4n) is 4.46. The molecule has 0 aliphatic carbocycles. The second-order valence-electron chi connectivity index (χ2n) is 10.3. The van der Waals surface area contributed by atoms with E-state index in [1.54, 1.807) is 36.5 Å². The molecule has 0 radical (unpaired) electrons. The molecule has 0 bridgehead atoms. The number of aromatic nitrogens is 4. The first-order valence-electron chi connectivity index (χ1n) is 14.2. The van der Waals surface area contributed by atoms with Gasteiger partial charge in [0, 0.05) is 17.5 Å². The van der Waals surface area contributed by atoms with E-state index in [0.29, 0.717) is 46.6 Å². The topological polar surface area (TPSA) is 111 Å². The Kier molecular flexibility index (Phi) is 8.36. The molecule has 0 fully saturated rings. The Morgan fingerprint density at radius 1 is 0.818 bits per heavy atom. The van der Waals surface area contributed by atoms with Crippen LogP contribution in [0.15, 0.2) is 116 Å².